The predicted octanol–water partition coefficient (Wildman–Crippen LogP) is 1.68. The molecule has 1 heterocycles. The summed E-state index contributed by atoms with van der Waals surface area (Å²) in [6, 6.07) is 0.617. The smallest absolute Gasteiger partial charge is 0.0244 e. The molecule has 2 nitrogen and oxygen atoms in total. The van der Waals surface area contributed by atoms with Crippen molar-refractivity contribution in [3.63, 3.8) is 0 Å². The SMILES string of the molecule is C=C(C)CCC1CCCN1N. The first-order valence-corrected chi connectivity index (χ1v) is 4.36. The number of hydrazine groups is 1. The van der Waals surface area contributed by atoms with Crippen LogP contribution < -0.4 is 5.84 Å². The molecule has 0 bridgehead atoms. The molecular weight excluding hydrogens is 136 g/mol. The Morgan fingerprint density at radius 3 is 2.91 bits per heavy atom. The van der Waals surface area contributed by atoms with Gasteiger partial charge in [0, 0.05) is 12.6 Å². The van der Waals surface area contributed by atoms with Crippen molar-refractivity contribution in [1.82, 2.24) is 5.01 Å². The van der Waals surface area contributed by atoms with Crippen molar-refractivity contribution >= 4 is 0 Å². The maximum atomic E-state index is 5.77. The van der Waals surface area contributed by atoms with Crippen molar-refractivity contribution in [2.45, 2.75) is 38.6 Å². The van der Waals surface area contributed by atoms with Gasteiger partial charge in [-0.25, -0.2) is 5.01 Å². The minimum absolute atomic E-state index is 0.617. The van der Waals surface area contributed by atoms with Gasteiger partial charge >= 0.3 is 0 Å². The van der Waals surface area contributed by atoms with Crippen LogP contribution in [0.15, 0.2) is 12.2 Å². The lowest BCUT2D eigenvalue weighted by molar-refractivity contribution is 0.250. The maximum absolute atomic E-state index is 5.77. The van der Waals surface area contributed by atoms with Crippen molar-refractivity contribution in [3.8, 4) is 0 Å². The molecule has 1 aliphatic rings. The minimum atomic E-state index is 0.617. The van der Waals surface area contributed by atoms with Gasteiger partial charge in [-0.3, -0.25) is 5.84 Å². The minimum Gasteiger partial charge on any atom is -0.269 e. The summed E-state index contributed by atoms with van der Waals surface area (Å²) < 4.78 is 0. The molecule has 0 amide bonds. The Labute approximate surface area is 69.0 Å². The van der Waals surface area contributed by atoms with Crippen LogP contribution in [-0.2, 0) is 0 Å². The van der Waals surface area contributed by atoms with Gasteiger partial charge in [-0.15, -0.1) is 6.58 Å². The molecule has 0 aromatic rings. The average Bonchev–Trinajstić information content (AvgIpc) is 2.31. The van der Waals surface area contributed by atoms with Crippen molar-refractivity contribution in [2.24, 2.45) is 5.84 Å². The predicted molar refractivity (Wildman–Crippen MR) is 48.0 cm³/mol. The van der Waals surface area contributed by atoms with Crippen molar-refractivity contribution in [2.75, 3.05) is 6.54 Å². The molecule has 0 radical (unpaired) electrons. The molecule has 1 atom stereocenters. The van der Waals surface area contributed by atoms with Crippen LogP contribution in [0, 0.1) is 0 Å². The molecular formula is C9H18N2. The molecule has 1 fully saturated rings. The Kier molecular flexibility index (Phi) is 3.09. The van der Waals surface area contributed by atoms with E-state index in [1.54, 1.807) is 0 Å². The normalized spacial score (nSPS) is 25.8. The van der Waals surface area contributed by atoms with Gasteiger partial charge in [0.2, 0.25) is 0 Å². The summed E-state index contributed by atoms with van der Waals surface area (Å²) in [6.07, 6.45) is 4.84. The van der Waals surface area contributed by atoms with E-state index in [0.29, 0.717) is 6.04 Å². The molecule has 0 aliphatic carbocycles. The lowest BCUT2D eigenvalue weighted by atomic mass is 10.1. The van der Waals surface area contributed by atoms with Gasteiger partial charge in [-0.1, -0.05) is 5.57 Å². The highest BCUT2D eigenvalue weighted by Crippen LogP contribution is 2.19. The highest BCUT2D eigenvalue weighted by atomic mass is 15.4. The lowest BCUT2D eigenvalue weighted by Crippen LogP contribution is -2.35. The average molecular weight is 154 g/mol. The van der Waals surface area contributed by atoms with E-state index < -0.39 is 0 Å². The van der Waals surface area contributed by atoms with E-state index in [9.17, 15) is 0 Å². The van der Waals surface area contributed by atoms with E-state index in [1.807, 2.05) is 5.01 Å². The molecule has 1 aliphatic heterocycles. The molecule has 64 valence electrons. The second-order valence-electron chi connectivity index (χ2n) is 3.53. The Morgan fingerprint density at radius 2 is 2.45 bits per heavy atom. The van der Waals surface area contributed by atoms with Crippen LogP contribution >= 0.6 is 0 Å². The van der Waals surface area contributed by atoms with Crippen LogP contribution in [0.5, 0.6) is 0 Å². The Balaban J connectivity index is 2.20. The van der Waals surface area contributed by atoms with Crippen molar-refractivity contribution in [1.29, 1.82) is 0 Å². The van der Waals surface area contributed by atoms with Gasteiger partial charge in [0.25, 0.3) is 0 Å². The first-order chi connectivity index (χ1) is 5.20. The molecule has 2 heteroatoms. The third-order valence-electron chi connectivity index (χ3n) is 2.33. The molecule has 0 aromatic carbocycles. The van der Waals surface area contributed by atoms with Gasteiger partial charge in [-0.05, 0) is 32.6 Å². The molecule has 1 saturated heterocycles. The molecule has 0 aromatic heterocycles. The summed E-state index contributed by atoms with van der Waals surface area (Å²) in [7, 11) is 0. The summed E-state index contributed by atoms with van der Waals surface area (Å²) >= 11 is 0. The molecule has 1 unspecified atom stereocenters. The summed E-state index contributed by atoms with van der Waals surface area (Å²) in [4.78, 5) is 0. The van der Waals surface area contributed by atoms with Crippen LogP contribution in [0.2, 0.25) is 0 Å². The summed E-state index contributed by atoms with van der Waals surface area (Å²) in [6.45, 7) is 7.03. The quantitative estimate of drug-likeness (QED) is 0.495. The maximum Gasteiger partial charge on any atom is 0.0244 e. The largest absolute Gasteiger partial charge is 0.269 e. The van der Waals surface area contributed by atoms with E-state index >= 15 is 0 Å². The number of nitrogens with two attached hydrogens (primary N) is 1. The Morgan fingerprint density at radius 1 is 1.73 bits per heavy atom. The second kappa shape index (κ2) is 3.88. The van der Waals surface area contributed by atoms with Gasteiger partial charge in [0.15, 0.2) is 0 Å². The van der Waals surface area contributed by atoms with Crippen LogP contribution in [0.3, 0.4) is 0 Å². The zero-order valence-corrected chi connectivity index (χ0v) is 7.34. The van der Waals surface area contributed by atoms with E-state index in [4.69, 9.17) is 5.84 Å². The first kappa shape index (κ1) is 8.75. The van der Waals surface area contributed by atoms with Crippen molar-refractivity contribution in [3.05, 3.63) is 12.2 Å². The fraction of sp³-hybridized carbons (Fsp3) is 0.778. The Bertz CT molecular complexity index is 142. The van der Waals surface area contributed by atoms with Gasteiger partial charge in [-0.2, -0.15) is 0 Å². The first-order valence-electron chi connectivity index (χ1n) is 4.36. The van der Waals surface area contributed by atoms with Crippen LogP contribution in [0.25, 0.3) is 0 Å². The van der Waals surface area contributed by atoms with E-state index in [0.717, 1.165) is 13.0 Å². The monoisotopic (exact) mass is 154 g/mol. The third-order valence-corrected chi connectivity index (χ3v) is 2.33. The zero-order valence-electron chi connectivity index (χ0n) is 7.34. The van der Waals surface area contributed by atoms with Gasteiger partial charge in [0.05, 0.1) is 0 Å². The highest BCUT2D eigenvalue weighted by Gasteiger charge is 2.20. The fourth-order valence-electron chi connectivity index (χ4n) is 1.58. The zero-order chi connectivity index (χ0) is 8.27. The number of hydrogen-bond acceptors (Lipinski definition) is 2. The third kappa shape index (κ3) is 2.64. The Hall–Kier alpha value is -0.340. The topological polar surface area (TPSA) is 29.3 Å². The van der Waals surface area contributed by atoms with Crippen LogP contribution in [0.1, 0.15) is 32.6 Å². The molecule has 0 saturated carbocycles. The fourth-order valence-corrected chi connectivity index (χ4v) is 1.58. The van der Waals surface area contributed by atoms with Crippen molar-refractivity contribution < 1.29 is 0 Å². The van der Waals surface area contributed by atoms with Gasteiger partial charge < -0.3 is 0 Å². The number of rotatable bonds is 3. The van der Waals surface area contributed by atoms with Crippen LogP contribution in [-0.4, -0.2) is 17.6 Å². The molecule has 1 rings (SSSR count). The number of nitrogens with zero attached hydrogens (tertiary/aromatic N) is 1. The lowest BCUT2D eigenvalue weighted by Gasteiger charge is -2.18. The van der Waals surface area contributed by atoms with Gasteiger partial charge in [0.1, 0.15) is 0 Å². The highest BCUT2D eigenvalue weighted by molar-refractivity contribution is 4.90. The van der Waals surface area contributed by atoms with Crippen LogP contribution in [0.4, 0.5) is 0 Å². The summed E-state index contributed by atoms with van der Waals surface area (Å²) in [5.74, 6) is 5.77. The molecule has 0 spiro atoms. The molecule has 2 N–H and O–H groups in total. The van der Waals surface area contributed by atoms with E-state index in [2.05, 4.69) is 13.5 Å². The van der Waals surface area contributed by atoms with E-state index in [-0.39, 0.29) is 0 Å². The number of hydrogen-bond donors (Lipinski definition) is 1. The summed E-state index contributed by atoms with van der Waals surface area (Å²) in [5, 5.41) is 1.98. The number of allylic oxidation sites excluding steroid dienone is 1. The second-order valence-corrected chi connectivity index (χ2v) is 3.53. The summed E-state index contributed by atoms with van der Waals surface area (Å²) in [5.41, 5.74) is 1.27. The molecule has 11 heavy (non-hydrogen) atoms. The standard InChI is InChI=1S/C9H18N2/c1-8(2)5-6-9-4-3-7-11(9)10/h9H,1,3-7,10H2,2H3. The van der Waals surface area contributed by atoms with E-state index in [1.165, 1.54) is 24.8 Å².